The Labute approximate surface area is 150 Å². The van der Waals surface area contributed by atoms with E-state index in [-0.39, 0.29) is 17.2 Å². The monoisotopic (exact) mass is 369 g/mol. The van der Waals surface area contributed by atoms with Crippen LogP contribution in [0.4, 0.5) is 13.2 Å². The number of hydrogen-bond donors (Lipinski definition) is 0. The third-order valence-corrected chi connectivity index (χ3v) is 4.06. The van der Waals surface area contributed by atoms with Crippen molar-refractivity contribution >= 4 is 5.91 Å². The molecule has 2 aromatic rings. The number of alkyl halides is 3. The number of carbonyl (C=O) groups is 1. The summed E-state index contributed by atoms with van der Waals surface area (Å²) >= 11 is 0. The number of aromatic nitrogens is 2. The van der Waals surface area contributed by atoms with E-state index in [0.29, 0.717) is 6.54 Å². The van der Waals surface area contributed by atoms with Crippen LogP contribution in [-0.4, -0.2) is 40.4 Å². The fourth-order valence-electron chi connectivity index (χ4n) is 2.68. The summed E-state index contributed by atoms with van der Waals surface area (Å²) in [6, 6.07) is 5.76. The van der Waals surface area contributed by atoms with E-state index in [1.54, 1.807) is 13.1 Å². The number of carbonyl (C=O) groups excluding carboxylic acids is 1. The maximum Gasteiger partial charge on any atom is 0.422 e. The average molecular weight is 369 g/mol. The summed E-state index contributed by atoms with van der Waals surface area (Å²) in [6.07, 6.45) is -4.43. The molecule has 1 amide bonds. The molecular formula is C18H22F3N3O2. The first-order chi connectivity index (χ1) is 12.1. The van der Waals surface area contributed by atoms with Gasteiger partial charge in [-0.05, 0) is 39.0 Å². The van der Waals surface area contributed by atoms with E-state index in [9.17, 15) is 18.0 Å². The predicted octanol–water partition coefficient (Wildman–Crippen LogP) is 3.73. The van der Waals surface area contributed by atoms with E-state index >= 15 is 0 Å². The van der Waals surface area contributed by atoms with Crippen molar-refractivity contribution in [2.24, 2.45) is 0 Å². The van der Waals surface area contributed by atoms with Gasteiger partial charge in [0.1, 0.15) is 5.75 Å². The van der Waals surface area contributed by atoms with Gasteiger partial charge in [-0.15, -0.1) is 0 Å². The summed E-state index contributed by atoms with van der Waals surface area (Å²) in [5.41, 5.74) is 3.08. The fraction of sp³-hybridized carbons (Fsp3) is 0.444. The second kappa shape index (κ2) is 7.80. The fourth-order valence-corrected chi connectivity index (χ4v) is 2.68. The van der Waals surface area contributed by atoms with Crippen LogP contribution in [0.25, 0.3) is 0 Å². The van der Waals surface area contributed by atoms with Gasteiger partial charge in [0.05, 0.1) is 5.69 Å². The summed E-state index contributed by atoms with van der Waals surface area (Å²) in [7, 11) is 1.65. The van der Waals surface area contributed by atoms with Crippen molar-refractivity contribution in [1.82, 2.24) is 14.7 Å². The lowest BCUT2D eigenvalue weighted by Gasteiger charge is -2.18. The normalized spacial score (nSPS) is 11.5. The maximum atomic E-state index is 12.6. The van der Waals surface area contributed by atoms with Gasteiger partial charge in [-0.2, -0.15) is 18.3 Å². The minimum Gasteiger partial charge on any atom is -0.484 e. The van der Waals surface area contributed by atoms with Gasteiger partial charge in [-0.1, -0.05) is 6.07 Å². The highest BCUT2D eigenvalue weighted by atomic mass is 19.4. The highest BCUT2D eigenvalue weighted by Gasteiger charge is 2.28. The van der Waals surface area contributed by atoms with Crippen molar-refractivity contribution in [2.45, 2.75) is 40.0 Å². The molecule has 0 aliphatic heterocycles. The Balaban J connectivity index is 2.12. The van der Waals surface area contributed by atoms with Crippen molar-refractivity contribution in [3.63, 3.8) is 0 Å². The largest absolute Gasteiger partial charge is 0.484 e. The lowest BCUT2D eigenvalue weighted by atomic mass is 10.1. The molecule has 0 saturated carbocycles. The zero-order chi connectivity index (χ0) is 19.5. The zero-order valence-electron chi connectivity index (χ0n) is 15.2. The molecule has 0 unspecified atom stereocenters. The summed E-state index contributed by atoms with van der Waals surface area (Å²) in [5, 5.41) is 4.43. The number of rotatable bonds is 6. The predicted molar refractivity (Wildman–Crippen MR) is 91.2 cm³/mol. The SMILES string of the molecule is CCn1nc(C)c(CN(C)C(=O)c2cccc(OCC(F)(F)F)c2)c1C. The number of ether oxygens (including phenoxy) is 1. The molecule has 1 heterocycles. The summed E-state index contributed by atoms with van der Waals surface area (Å²) in [6.45, 7) is 5.54. The molecule has 0 spiro atoms. The Morgan fingerprint density at radius 3 is 2.58 bits per heavy atom. The lowest BCUT2D eigenvalue weighted by molar-refractivity contribution is -0.153. The van der Waals surface area contributed by atoms with Gasteiger partial charge in [-0.25, -0.2) is 0 Å². The van der Waals surface area contributed by atoms with Crippen molar-refractivity contribution in [3.05, 3.63) is 46.8 Å². The van der Waals surface area contributed by atoms with Gasteiger partial charge in [0.15, 0.2) is 6.61 Å². The van der Waals surface area contributed by atoms with E-state index in [4.69, 9.17) is 4.74 Å². The minimum atomic E-state index is -4.43. The molecule has 0 aliphatic carbocycles. The second-order valence-corrected chi connectivity index (χ2v) is 6.06. The molecule has 8 heteroatoms. The first-order valence-corrected chi connectivity index (χ1v) is 8.20. The van der Waals surface area contributed by atoms with Gasteiger partial charge >= 0.3 is 6.18 Å². The lowest BCUT2D eigenvalue weighted by Crippen LogP contribution is -2.27. The van der Waals surface area contributed by atoms with E-state index in [1.807, 2.05) is 25.5 Å². The van der Waals surface area contributed by atoms with Crippen molar-refractivity contribution in [1.29, 1.82) is 0 Å². The molecule has 142 valence electrons. The van der Waals surface area contributed by atoms with Gasteiger partial charge < -0.3 is 9.64 Å². The smallest absolute Gasteiger partial charge is 0.422 e. The Morgan fingerprint density at radius 1 is 1.31 bits per heavy atom. The Morgan fingerprint density at radius 2 is 2.00 bits per heavy atom. The van der Waals surface area contributed by atoms with Crippen LogP contribution >= 0.6 is 0 Å². The number of hydrogen-bond acceptors (Lipinski definition) is 3. The van der Waals surface area contributed by atoms with Gasteiger partial charge in [0.2, 0.25) is 0 Å². The van der Waals surface area contributed by atoms with Crippen LogP contribution in [0.2, 0.25) is 0 Å². The topological polar surface area (TPSA) is 47.4 Å². The Hall–Kier alpha value is -2.51. The van der Waals surface area contributed by atoms with Crippen LogP contribution in [0.3, 0.4) is 0 Å². The van der Waals surface area contributed by atoms with E-state index in [1.165, 1.54) is 23.1 Å². The Kier molecular flexibility index (Phi) is 5.94. The number of aryl methyl sites for hydroxylation is 2. The zero-order valence-corrected chi connectivity index (χ0v) is 15.2. The summed E-state index contributed by atoms with van der Waals surface area (Å²) in [4.78, 5) is 14.1. The number of benzene rings is 1. The summed E-state index contributed by atoms with van der Waals surface area (Å²) < 4.78 is 43.4. The van der Waals surface area contributed by atoms with Crippen LogP contribution in [0.15, 0.2) is 24.3 Å². The number of halogens is 3. The number of nitrogens with zero attached hydrogens (tertiary/aromatic N) is 3. The molecule has 2 rings (SSSR count). The van der Waals surface area contributed by atoms with Crippen LogP contribution < -0.4 is 4.74 Å². The van der Waals surface area contributed by atoms with E-state index in [0.717, 1.165) is 23.5 Å². The van der Waals surface area contributed by atoms with Crippen LogP contribution in [0, 0.1) is 13.8 Å². The minimum absolute atomic E-state index is 0.00717. The standard InChI is InChI=1S/C18H22F3N3O2/c1-5-24-13(3)16(12(2)22-24)10-23(4)17(25)14-7-6-8-15(9-14)26-11-18(19,20)21/h6-9H,5,10-11H2,1-4H3. The van der Waals surface area contributed by atoms with Crippen molar-refractivity contribution < 1.29 is 22.7 Å². The average Bonchev–Trinajstić information content (AvgIpc) is 2.86. The molecule has 0 atom stereocenters. The van der Waals surface area contributed by atoms with Crippen molar-refractivity contribution in [3.8, 4) is 5.75 Å². The van der Waals surface area contributed by atoms with Crippen LogP contribution in [0.1, 0.15) is 34.2 Å². The molecule has 0 saturated heterocycles. The molecule has 1 aromatic carbocycles. The Bertz CT molecular complexity index is 784. The van der Waals surface area contributed by atoms with Crippen LogP contribution in [0.5, 0.6) is 5.75 Å². The molecule has 0 fully saturated rings. The maximum absolute atomic E-state index is 12.6. The quantitative estimate of drug-likeness (QED) is 0.779. The van der Waals surface area contributed by atoms with Crippen LogP contribution in [-0.2, 0) is 13.1 Å². The van der Waals surface area contributed by atoms with E-state index in [2.05, 4.69) is 5.10 Å². The molecule has 26 heavy (non-hydrogen) atoms. The first kappa shape index (κ1) is 19.8. The second-order valence-electron chi connectivity index (χ2n) is 6.06. The van der Waals surface area contributed by atoms with Crippen molar-refractivity contribution in [2.75, 3.05) is 13.7 Å². The molecule has 0 radical (unpaired) electrons. The highest BCUT2D eigenvalue weighted by Crippen LogP contribution is 2.21. The molecule has 0 N–H and O–H groups in total. The molecule has 0 bridgehead atoms. The van der Waals surface area contributed by atoms with Gasteiger partial charge in [0, 0.05) is 37.0 Å². The highest BCUT2D eigenvalue weighted by molar-refractivity contribution is 5.94. The molecule has 5 nitrogen and oxygen atoms in total. The van der Waals surface area contributed by atoms with E-state index < -0.39 is 12.8 Å². The third kappa shape index (κ3) is 4.77. The number of amides is 1. The molecule has 1 aromatic heterocycles. The van der Waals surface area contributed by atoms with Gasteiger partial charge in [0.25, 0.3) is 5.91 Å². The van der Waals surface area contributed by atoms with Gasteiger partial charge in [-0.3, -0.25) is 9.48 Å². The first-order valence-electron chi connectivity index (χ1n) is 8.20. The summed E-state index contributed by atoms with van der Waals surface area (Å²) in [5.74, 6) is -0.293. The molecule has 0 aliphatic rings. The molecular weight excluding hydrogens is 347 g/mol. The third-order valence-electron chi connectivity index (χ3n) is 4.06.